The first-order valence-corrected chi connectivity index (χ1v) is 40.8. The number of carboxylic acids is 1. The summed E-state index contributed by atoms with van der Waals surface area (Å²) in [6.07, 6.45) is -18.2. The summed E-state index contributed by atoms with van der Waals surface area (Å²) in [5.41, 5.74) is 9.92. The maximum atomic E-state index is 16.6. The van der Waals surface area contributed by atoms with Gasteiger partial charge in [0.05, 0.1) is 35.4 Å². The number of aromatic hydroxyl groups is 2. The number of carbonyl (C=O) groups excluding carboxylic acids is 8. The van der Waals surface area contributed by atoms with Gasteiger partial charge in [0, 0.05) is 55.8 Å². The number of ether oxygens (including phenoxy) is 9. The van der Waals surface area contributed by atoms with E-state index in [1.54, 1.807) is 21.1 Å². The van der Waals surface area contributed by atoms with E-state index in [0.717, 1.165) is 36.4 Å². The Bertz CT molecular complexity index is 4960. The number of anilines is 1. The van der Waals surface area contributed by atoms with Crippen LogP contribution >= 0.6 is 11.6 Å². The summed E-state index contributed by atoms with van der Waals surface area (Å²) in [4.78, 5) is 137. The lowest BCUT2D eigenvalue weighted by atomic mass is 9.86. The van der Waals surface area contributed by atoms with E-state index in [1.807, 2.05) is 13.8 Å². The molecule has 0 aromatic heterocycles. The Morgan fingerprint density at radius 2 is 1.26 bits per heavy atom. The lowest BCUT2D eigenvalue weighted by Crippen LogP contribution is -2.65. The number of fused-ring (bicyclic) bond motifs is 15. The van der Waals surface area contributed by atoms with Gasteiger partial charge in [-0.15, -0.1) is 0 Å². The summed E-state index contributed by atoms with van der Waals surface area (Å²) >= 11 is 7.21. The first-order valence-electron chi connectivity index (χ1n) is 40.4. The number of nitrogens with one attached hydrogen (secondary N) is 12. The molecule has 0 unspecified atom stereocenters. The Balaban J connectivity index is 1.14. The van der Waals surface area contributed by atoms with Crippen molar-refractivity contribution >= 4 is 70.6 Å². The number of urea groups is 1. The normalized spacial score (nSPS) is 25.9. The van der Waals surface area contributed by atoms with Gasteiger partial charge in [-0.3, -0.25) is 38.9 Å². The van der Waals surface area contributed by atoms with E-state index >= 15 is 24.0 Å². The average molecular weight is 1760 g/mol. The van der Waals surface area contributed by atoms with Gasteiger partial charge < -0.3 is 153 Å². The molecule has 676 valence electrons. The summed E-state index contributed by atoms with van der Waals surface area (Å²) in [6.45, 7) is 10.6. The van der Waals surface area contributed by atoms with Crippen molar-refractivity contribution in [1.82, 2.24) is 58.5 Å². The van der Waals surface area contributed by atoms with E-state index in [1.165, 1.54) is 89.3 Å². The van der Waals surface area contributed by atoms with Crippen LogP contribution in [0, 0.1) is 19.8 Å². The van der Waals surface area contributed by atoms with E-state index in [4.69, 9.17) is 65.7 Å². The zero-order valence-electron chi connectivity index (χ0n) is 70.1. The maximum absolute atomic E-state index is 16.6. The molecule has 2 fully saturated rings. The van der Waals surface area contributed by atoms with Crippen molar-refractivity contribution in [2.45, 2.75) is 170 Å². The van der Waals surface area contributed by atoms with Crippen molar-refractivity contribution < 1.29 is 127 Å². The maximum Gasteiger partial charge on any atom is 0.330 e. The lowest BCUT2D eigenvalue weighted by Gasteiger charge is -2.47. The minimum atomic E-state index is -2.40. The van der Waals surface area contributed by atoms with Gasteiger partial charge in [0.25, 0.3) is 0 Å². The summed E-state index contributed by atoms with van der Waals surface area (Å²) in [7, 11) is 6.61. The smallest absolute Gasteiger partial charge is 0.330 e. The van der Waals surface area contributed by atoms with Gasteiger partial charge in [0.15, 0.2) is 41.4 Å². The highest BCUT2D eigenvalue weighted by atomic mass is 35.5. The molecule has 18 atom stereocenters. The zero-order valence-corrected chi connectivity index (χ0v) is 70.8. The molecule has 0 spiro atoms. The molecule has 0 aliphatic carbocycles. The van der Waals surface area contributed by atoms with Gasteiger partial charge in [-0.25, -0.2) is 9.59 Å². The van der Waals surface area contributed by atoms with E-state index in [9.17, 15) is 60.0 Å². The average Bonchev–Trinajstić information content (AvgIpc) is 0.762. The second-order valence-electron chi connectivity index (χ2n) is 31.6. The van der Waals surface area contributed by atoms with Gasteiger partial charge in [0.2, 0.25) is 59.1 Å². The molecule has 13 rings (SSSR count). The van der Waals surface area contributed by atoms with Gasteiger partial charge in [-0.05, 0) is 173 Å². The molecule has 7 heterocycles. The third kappa shape index (κ3) is 22.1. The largest absolute Gasteiger partial charge is 0.508 e. The molecular weight excluding hydrogens is 1660 g/mol. The molecule has 125 heavy (non-hydrogen) atoms. The molecule has 6 aromatic rings. The number of benzene rings is 6. The van der Waals surface area contributed by atoms with Crippen molar-refractivity contribution in [1.29, 1.82) is 0 Å². The van der Waals surface area contributed by atoms with E-state index < -0.39 is 215 Å². The van der Waals surface area contributed by atoms with Crippen LogP contribution in [0.4, 0.5) is 10.5 Å². The summed E-state index contributed by atoms with van der Waals surface area (Å²) < 4.78 is 57.8. The van der Waals surface area contributed by atoms with E-state index in [0.29, 0.717) is 19.6 Å². The minimum absolute atomic E-state index is 0.0197. The highest BCUT2D eigenvalue weighted by Gasteiger charge is 2.52. The first-order chi connectivity index (χ1) is 59.4. The van der Waals surface area contributed by atoms with Gasteiger partial charge in [-0.2, -0.15) is 0 Å². The minimum Gasteiger partial charge on any atom is -0.508 e. The lowest BCUT2D eigenvalue weighted by molar-refractivity contribution is -0.330. The standard InChI is InChI=1S/C84H107ClN14O26/c1-36(2)23-49(91-10)75(108)98-65-67(103)41-12-15-52(37(3)24-41)121-56-28-43-29-57(72(56)125-82-73(70(106)69(105)58(35-86)123-82)124-60-34-84(6,87)74(107)39(5)120-60)122-53-16-13-42(27-48(53)85)68(104)66-80(113)97-64(81(114)115)47-32-45(100)25-38(4)61(47)46-26-40(11-14-51(46)101)62(77(110)99-66)96-78(111)63(43)95-76(109)50(93-79(65)112)33-59(102)94-83(116)92-44-30-54(117-20-17-88-7)71(119-22-19-90-9)55(31-44)118-21-18-89-8/h11-16,24-32,36,39,49-50,58,60,62-70,73-74,82,88-91,100-101,103-107H,17-23,33-35,86-87H2,1-10H3,(H,93,112)(H,95,109)(H,96,111)(H,97,113)(H,98,108)(H,99,110)(H,114,115)(H2,92,94,102,116)/t39-,49+,50-,58+,60-,62+,63+,64-,65+,66-,67+,68+,69+,70-,73+,74+,82-,84-/m0/s1. The van der Waals surface area contributed by atoms with Crippen LogP contribution in [0.1, 0.15) is 116 Å². The second-order valence-corrected chi connectivity index (χ2v) is 32.0. The van der Waals surface area contributed by atoms with Crippen molar-refractivity contribution in [3.05, 3.63) is 135 Å². The van der Waals surface area contributed by atoms with E-state index in [2.05, 4.69) is 63.8 Å². The van der Waals surface area contributed by atoms with Crippen molar-refractivity contribution in [2.24, 2.45) is 17.4 Å². The Hall–Kier alpha value is -11.3. The topological polar surface area (TPSA) is 595 Å². The molecular formula is C84H107ClN14O26. The number of aliphatic carboxylic acids is 1. The highest BCUT2D eigenvalue weighted by Crippen LogP contribution is 2.50. The molecule has 40 nitrogen and oxygen atoms in total. The summed E-state index contributed by atoms with van der Waals surface area (Å²) in [5.74, 6) is -13.9. The Kier molecular flexibility index (Phi) is 31.1. The van der Waals surface area contributed by atoms with Crippen molar-refractivity contribution in [3.63, 3.8) is 0 Å². The first kappa shape index (κ1) is 94.4. The van der Waals surface area contributed by atoms with Gasteiger partial charge in [-0.1, -0.05) is 43.6 Å². The number of halogens is 1. The molecule has 9 amide bonds. The monoisotopic (exact) mass is 1760 g/mol. The van der Waals surface area contributed by atoms with Crippen LogP contribution in [0.25, 0.3) is 11.1 Å². The third-order valence-electron chi connectivity index (χ3n) is 21.6. The number of nitrogens with two attached hydrogens (primary N) is 2. The summed E-state index contributed by atoms with van der Waals surface area (Å²) in [6, 6.07) is 2.40. The van der Waals surface area contributed by atoms with Crippen LogP contribution in [-0.2, 0) is 52.6 Å². The van der Waals surface area contributed by atoms with Gasteiger partial charge in [0.1, 0.15) is 104 Å². The number of aryl methyl sites for hydroxylation is 2. The number of amides is 9. The molecule has 11 bridgehead atoms. The molecule has 7 aliphatic rings. The van der Waals surface area contributed by atoms with Gasteiger partial charge >= 0.3 is 12.0 Å². The SMILES string of the molecule is CNCCOc1cc(NC(=O)NC(=O)C[C@@H]2NC(=O)[C@H](NC(=O)[C@@H](CC(C)C)NC)[C@H](O)c3ccc(c(C)c3)Oc3cc4cc(c3O[C@@H]3O[C@H](CN)[C@@H](O)[C@H](O)[C@H]3O[C@H]3C[C@](C)(N)[C@H](O)[C@H](C)O3)Oc3ccc(cc3Cl)[C@@H](O)[C@@H]3NC(=O)[C@H](NC(=O)[C@@H]4NC2=O)c2ccc(O)c(c2)-c2c(C)cc(O)cc2[C@@H](C(=O)O)NC3=O)cc(OCCNC)c1OCCNC. The van der Waals surface area contributed by atoms with E-state index in [-0.39, 0.29) is 118 Å². The van der Waals surface area contributed by atoms with Crippen LogP contribution in [0.5, 0.6) is 57.5 Å². The number of carboxylic acid groups (broad SMARTS) is 1. The highest BCUT2D eigenvalue weighted by molar-refractivity contribution is 6.32. The number of aliphatic hydroxyl groups is 5. The fourth-order valence-electron chi connectivity index (χ4n) is 15.1. The molecule has 0 saturated carbocycles. The second kappa shape index (κ2) is 41.2. The van der Waals surface area contributed by atoms with Crippen LogP contribution in [0.2, 0.25) is 5.02 Å². The number of hydrogen-bond acceptors (Lipinski definition) is 31. The van der Waals surface area contributed by atoms with Crippen LogP contribution < -0.4 is 104 Å². The fraction of sp³-hybridized carbons (Fsp3) is 0.464. The fourth-order valence-corrected chi connectivity index (χ4v) is 15.3. The van der Waals surface area contributed by atoms with Crippen molar-refractivity contribution in [3.8, 4) is 68.6 Å². The predicted octanol–water partition coefficient (Wildman–Crippen LogP) is 0.988. The summed E-state index contributed by atoms with van der Waals surface area (Å²) in [5, 5.41) is 126. The van der Waals surface area contributed by atoms with Crippen molar-refractivity contribution in [2.75, 3.05) is 79.5 Å². The number of hydrogen-bond donors (Lipinski definition) is 22. The molecule has 41 heteroatoms. The number of rotatable bonds is 26. The number of phenols is 2. The third-order valence-corrected chi connectivity index (χ3v) is 21.9. The molecule has 0 radical (unpaired) electrons. The number of aliphatic hydroxyl groups excluding tert-OH is 5. The Morgan fingerprint density at radius 3 is 1.87 bits per heavy atom. The number of carbonyl (C=O) groups is 9. The quantitative estimate of drug-likeness (QED) is 0.0337. The van der Waals surface area contributed by atoms with Crippen LogP contribution in [-0.4, -0.2) is 247 Å². The predicted molar refractivity (Wildman–Crippen MR) is 447 cm³/mol. The molecule has 2 saturated heterocycles. The number of likely N-dealkylation sites (N-methyl/N-ethyl adjacent to an activating group) is 4. The molecule has 7 aliphatic heterocycles. The van der Waals surface area contributed by atoms with Crippen LogP contribution in [0.3, 0.4) is 0 Å². The number of imide groups is 1. The Labute approximate surface area is 723 Å². The van der Waals surface area contributed by atoms with Crippen LogP contribution in [0.15, 0.2) is 91.0 Å². The number of phenolic OH excluding ortho intramolecular Hbond substituents is 2. The zero-order chi connectivity index (χ0) is 90.7. The molecule has 6 aromatic carbocycles. The molecule has 24 N–H and O–H groups in total. The Morgan fingerprint density at radius 1 is 0.656 bits per heavy atom.